The molecule has 2 amide bonds. The smallest absolute Gasteiger partial charge is 0.308 e. The van der Waals surface area contributed by atoms with Gasteiger partial charge in [-0.05, 0) is 55.9 Å². The molecule has 0 spiro atoms. The van der Waals surface area contributed by atoms with Gasteiger partial charge in [-0.25, -0.2) is 4.79 Å². The Kier molecular flexibility index (Phi) is 5.22. The van der Waals surface area contributed by atoms with Crippen LogP contribution in [0.25, 0.3) is 5.57 Å². The van der Waals surface area contributed by atoms with E-state index in [1.54, 1.807) is 4.90 Å². The highest BCUT2D eigenvalue weighted by molar-refractivity contribution is 6.03. The second kappa shape index (κ2) is 7.56. The summed E-state index contributed by atoms with van der Waals surface area (Å²) in [6, 6.07) is 17.7. The van der Waals surface area contributed by atoms with Crippen LogP contribution >= 0.6 is 0 Å². The van der Waals surface area contributed by atoms with Crippen molar-refractivity contribution in [1.29, 1.82) is 0 Å². The molecule has 0 saturated heterocycles. The quantitative estimate of drug-likeness (QED) is 0.739. The van der Waals surface area contributed by atoms with Gasteiger partial charge in [-0.1, -0.05) is 48.9 Å². The first-order chi connectivity index (χ1) is 12.1. The lowest BCUT2D eigenvalue weighted by molar-refractivity contribution is 0.258. The monoisotopic (exact) mass is 334 g/mol. The number of nitrogens with one attached hydrogen (secondary N) is 1. The molecular formula is C22H26N2O. The van der Waals surface area contributed by atoms with Crippen LogP contribution in [0.3, 0.4) is 0 Å². The highest BCUT2D eigenvalue weighted by Gasteiger charge is 2.23. The van der Waals surface area contributed by atoms with Gasteiger partial charge in [0, 0.05) is 18.3 Å². The Labute approximate surface area is 150 Å². The van der Waals surface area contributed by atoms with Crippen molar-refractivity contribution in [1.82, 2.24) is 0 Å². The first-order valence-corrected chi connectivity index (χ1v) is 8.96. The van der Waals surface area contributed by atoms with E-state index in [-0.39, 0.29) is 6.03 Å². The summed E-state index contributed by atoms with van der Waals surface area (Å²) in [7, 11) is 1.83. The summed E-state index contributed by atoms with van der Waals surface area (Å²) in [4.78, 5) is 14.4. The van der Waals surface area contributed by atoms with Gasteiger partial charge in [0.2, 0.25) is 0 Å². The van der Waals surface area contributed by atoms with E-state index in [0.717, 1.165) is 17.8 Å². The maximum atomic E-state index is 12.7. The molecule has 25 heavy (non-hydrogen) atoms. The van der Waals surface area contributed by atoms with E-state index in [1.165, 1.54) is 29.6 Å². The number of anilines is 2. The first-order valence-electron chi connectivity index (χ1n) is 8.96. The zero-order chi connectivity index (χ0) is 17.8. The molecule has 2 aromatic carbocycles. The average molecular weight is 334 g/mol. The van der Waals surface area contributed by atoms with Crippen LogP contribution in [0.4, 0.5) is 16.2 Å². The molecular weight excluding hydrogens is 308 g/mol. The highest BCUT2D eigenvalue weighted by atomic mass is 16.2. The number of benzene rings is 2. The van der Waals surface area contributed by atoms with Crippen LogP contribution in [0.1, 0.15) is 38.7 Å². The second-order valence-electron chi connectivity index (χ2n) is 6.86. The van der Waals surface area contributed by atoms with E-state index in [4.69, 9.17) is 0 Å². The summed E-state index contributed by atoms with van der Waals surface area (Å²) >= 11 is 0. The molecule has 0 heterocycles. The van der Waals surface area contributed by atoms with Crippen LogP contribution in [0.5, 0.6) is 0 Å². The average Bonchev–Trinajstić information content (AvgIpc) is 2.62. The molecule has 1 N–H and O–H groups in total. The molecule has 1 atom stereocenters. The van der Waals surface area contributed by atoms with Gasteiger partial charge in [0.15, 0.2) is 0 Å². The van der Waals surface area contributed by atoms with E-state index >= 15 is 0 Å². The molecule has 2 aromatic rings. The number of hydrogen-bond donors (Lipinski definition) is 1. The number of nitrogens with zero attached hydrogens (tertiary/aromatic N) is 1. The van der Waals surface area contributed by atoms with Crippen molar-refractivity contribution < 1.29 is 4.79 Å². The van der Waals surface area contributed by atoms with Crippen molar-refractivity contribution >= 4 is 23.0 Å². The van der Waals surface area contributed by atoms with Gasteiger partial charge in [0.25, 0.3) is 0 Å². The van der Waals surface area contributed by atoms with Crippen molar-refractivity contribution in [2.24, 2.45) is 5.92 Å². The molecule has 130 valence electrons. The van der Waals surface area contributed by atoms with Crippen LogP contribution in [0, 0.1) is 5.92 Å². The van der Waals surface area contributed by atoms with Crippen molar-refractivity contribution in [3.8, 4) is 0 Å². The largest absolute Gasteiger partial charge is 0.326 e. The predicted octanol–water partition coefficient (Wildman–Crippen LogP) is 5.95. The summed E-state index contributed by atoms with van der Waals surface area (Å²) in [6.45, 7) is 4.52. The Morgan fingerprint density at radius 1 is 1.08 bits per heavy atom. The molecule has 0 fully saturated rings. The topological polar surface area (TPSA) is 32.3 Å². The third kappa shape index (κ3) is 3.76. The summed E-state index contributed by atoms with van der Waals surface area (Å²) in [5, 5.41) is 2.96. The van der Waals surface area contributed by atoms with Gasteiger partial charge in [-0.3, -0.25) is 4.90 Å². The van der Waals surface area contributed by atoms with Crippen LogP contribution in [-0.2, 0) is 0 Å². The molecule has 1 aliphatic carbocycles. The molecule has 1 unspecified atom stereocenters. The van der Waals surface area contributed by atoms with E-state index < -0.39 is 0 Å². The normalized spacial score (nSPS) is 17.3. The zero-order valence-corrected chi connectivity index (χ0v) is 15.3. The summed E-state index contributed by atoms with van der Waals surface area (Å²) < 4.78 is 0. The van der Waals surface area contributed by atoms with Gasteiger partial charge in [-0.2, -0.15) is 0 Å². The third-order valence-corrected chi connectivity index (χ3v) is 5.03. The van der Waals surface area contributed by atoms with E-state index in [2.05, 4.69) is 31.3 Å². The van der Waals surface area contributed by atoms with Crippen LogP contribution in [0.2, 0.25) is 0 Å². The number of carbonyl (C=O) groups excluding carboxylic acids is 1. The van der Waals surface area contributed by atoms with Crippen molar-refractivity contribution in [2.75, 3.05) is 17.3 Å². The van der Waals surface area contributed by atoms with Crippen LogP contribution in [-0.4, -0.2) is 13.1 Å². The van der Waals surface area contributed by atoms with E-state index in [9.17, 15) is 4.79 Å². The Bertz CT molecular complexity index is 780. The number of allylic oxidation sites excluding steroid dienone is 2. The molecule has 3 heteroatoms. The first kappa shape index (κ1) is 17.3. The molecule has 3 nitrogen and oxygen atoms in total. The fraction of sp³-hybridized carbons (Fsp3) is 0.318. The lowest BCUT2D eigenvalue weighted by Gasteiger charge is -2.29. The van der Waals surface area contributed by atoms with Gasteiger partial charge in [-0.15, -0.1) is 0 Å². The maximum Gasteiger partial charge on any atom is 0.326 e. The highest BCUT2D eigenvalue weighted by Crippen LogP contribution is 2.40. The number of para-hydroxylation sites is 2. The zero-order valence-electron chi connectivity index (χ0n) is 15.3. The van der Waals surface area contributed by atoms with E-state index in [0.29, 0.717) is 5.92 Å². The van der Waals surface area contributed by atoms with Gasteiger partial charge in [0.05, 0.1) is 5.69 Å². The lowest BCUT2D eigenvalue weighted by atomic mass is 9.80. The number of urea groups is 1. The molecule has 0 saturated carbocycles. The lowest BCUT2D eigenvalue weighted by Crippen LogP contribution is -2.32. The Morgan fingerprint density at radius 3 is 2.48 bits per heavy atom. The Morgan fingerprint density at radius 2 is 1.76 bits per heavy atom. The SMILES string of the molecule is CC1=C(c2ccccc2N(C)C(=O)Nc2ccccc2)C(C)CCC1. The maximum absolute atomic E-state index is 12.7. The van der Waals surface area contributed by atoms with Gasteiger partial charge in [0.1, 0.15) is 0 Å². The van der Waals surface area contributed by atoms with E-state index in [1.807, 2.05) is 49.5 Å². The summed E-state index contributed by atoms with van der Waals surface area (Å²) in [6.07, 6.45) is 3.61. The number of carbonyl (C=O) groups is 1. The second-order valence-corrected chi connectivity index (χ2v) is 6.86. The molecule has 0 aromatic heterocycles. The van der Waals surface area contributed by atoms with Crippen molar-refractivity contribution in [2.45, 2.75) is 33.1 Å². The third-order valence-electron chi connectivity index (χ3n) is 5.03. The molecule has 1 aliphatic rings. The minimum absolute atomic E-state index is 0.125. The van der Waals surface area contributed by atoms with Crippen molar-refractivity contribution in [3.63, 3.8) is 0 Å². The molecule has 0 bridgehead atoms. The molecule has 0 radical (unpaired) electrons. The fourth-order valence-corrected chi connectivity index (χ4v) is 3.70. The summed E-state index contributed by atoms with van der Waals surface area (Å²) in [5.41, 5.74) is 5.79. The molecule has 0 aliphatic heterocycles. The van der Waals surface area contributed by atoms with Gasteiger partial charge >= 0.3 is 6.03 Å². The van der Waals surface area contributed by atoms with Crippen LogP contribution < -0.4 is 10.2 Å². The number of hydrogen-bond acceptors (Lipinski definition) is 1. The Balaban J connectivity index is 1.91. The standard InChI is InChI=1S/C22H26N2O/c1-16-10-9-11-17(2)21(16)19-14-7-8-15-20(19)24(3)22(25)23-18-12-5-4-6-13-18/h4-8,12-16H,9-11H2,1-3H3,(H,23,25). The minimum Gasteiger partial charge on any atom is -0.308 e. The Hall–Kier alpha value is -2.55. The van der Waals surface area contributed by atoms with Crippen molar-refractivity contribution in [3.05, 3.63) is 65.7 Å². The minimum atomic E-state index is -0.125. The predicted molar refractivity (Wildman–Crippen MR) is 106 cm³/mol. The molecule has 3 rings (SSSR count). The number of amides is 2. The van der Waals surface area contributed by atoms with Crippen LogP contribution in [0.15, 0.2) is 60.2 Å². The summed E-state index contributed by atoms with van der Waals surface area (Å²) in [5.74, 6) is 0.528. The fourth-order valence-electron chi connectivity index (χ4n) is 3.70. The number of rotatable bonds is 3. The van der Waals surface area contributed by atoms with Gasteiger partial charge < -0.3 is 5.32 Å².